The molecule has 0 aliphatic heterocycles. The van der Waals surface area contributed by atoms with E-state index in [0.717, 1.165) is 17.7 Å². The fourth-order valence-corrected chi connectivity index (χ4v) is 3.72. The number of nitrogens with one attached hydrogen (secondary N) is 2. The molecule has 1 aliphatic carbocycles. The van der Waals surface area contributed by atoms with E-state index in [4.69, 9.17) is 4.42 Å². The summed E-state index contributed by atoms with van der Waals surface area (Å²) in [5.74, 6) is 2.08. The predicted molar refractivity (Wildman–Crippen MR) is 99.1 cm³/mol. The number of furan rings is 1. The van der Waals surface area contributed by atoms with Crippen LogP contribution in [-0.4, -0.2) is 18.5 Å². The predicted octanol–water partition coefficient (Wildman–Crippen LogP) is 3.90. The summed E-state index contributed by atoms with van der Waals surface area (Å²) in [5.41, 5.74) is 1.09. The van der Waals surface area contributed by atoms with Gasteiger partial charge in [-0.2, -0.15) is 0 Å². The lowest BCUT2D eigenvalue weighted by Crippen LogP contribution is -2.47. The molecule has 0 radical (unpaired) electrons. The maximum absolute atomic E-state index is 12.5. The minimum atomic E-state index is -0.121. The van der Waals surface area contributed by atoms with Gasteiger partial charge in [-0.15, -0.1) is 0 Å². The summed E-state index contributed by atoms with van der Waals surface area (Å²) in [6.07, 6.45) is 5.21. The van der Waals surface area contributed by atoms with Crippen molar-refractivity contribution >= 4 is 5.91 Å². The van der Waals surface area contributed by atoms with Crippen LogP contribution in [0.4, 0.5) is 0 Å². The van der Waals surface area contributed by atoms with E-state index >= 15 is 0 Å². The quantitative estimate of drug-likeness (QED) is 0.838. The summed E-state index contributed by atoms with van der Waals surface area (Å²) in [5, 5.41) is 6.57. The van der Waals surface area contributed by atoms with Gasteiger partial charge in [0.2, 0.25) is 5.91 Å². The number of carbonyl (C=O) groups is 1. The standard InChI is InChI=1S/C21H28N2O2/c1-15-8-6-11-18(16(15)2)23-20(24)14-22-21(19-12-7-13-25-19)17-9-4-3-5-10-17/h3-5,7,9-10,12-13,15-16,18,21-22H,6,8,11,14H2,1-2H3,(H,23,24)/t15-,16-,18-,21+/m1/s1. The van der Waals surface area contributed by atoms with Crippen molar-refractivity contribution in [2.75, 3.05) is 6.54 Å². The fourth-order valence-electron chi connectivity index (χ4n) is 3.72. The number of carbonyl (C=O) groups excluding carboxylic acids is 1. The summed E-state index contributed by atoms with van der Waals surface area (Å²) in [4.78, 5) is 12.5. The van der Waals surface area contributed by atoms with E-state index in [1.807, 2.05) is 42.5 Å². The van der Waals surface area contributed by atoms with Gasteiger partial charge in [-0.3, -0.25) is 10.1 Å². The molecule has 0 spiro atoms. The zero-order valence-electron chi connectivity index (χ0n) is 15.1. The van der Waals surface area contributed by atoms with Crippen LogP contribution in [0, 0.1) is 11.8 Å². The van der Waals surface area contributed by atoms with Gasteiger partial charge in [-0.25, -0.2) is 0 Å². The smallest absolute Gasteiger partial charge is 0.234 e. The van der Waals surface area contributed by atoms with Crippen LogP contribution >= 0.6 is 0 Å². The molecule has 4 heteroatoms. The Kier molecular flexibility index (Phi) is 5.92. The first-order valence-electron chi connectivity index (χ1n) is 9.26. The van der Waals surface area contributed by atoms with Crippen molar-refractivity contribution < 1.29 is 9.21 Å². The highest BCUT2D eigenvalue weighted by atomic mass is 16.3. The Balaban J connectivity index is 1.60. The van der Waals surface area contributed by atoms with Crippen LogP contribution in [-0.2, 0) is 4.79 Å². The lowest BCUT2D eigenvalue weighted by atomic mass is 9.78. The summed E-state index contributed by atoms with van der Waals surface area (Å²) >= 11 is 0. The van der Waals surface area contributed by atoms with Gasteiger partial charge in [0, 0.05) is 6.04 Å². The van der Waals surface area contributed by atoms with Gasteiger partial charge in [0.25, 0.3) is 0 Å². The van der Waals surface area contributed by atoms with Gasteiger partial charge >= 0.3 is 0 Å². The highest BCUT2D eigenvalue weighted by Gasteiger charge is 2.28. The Bertz CT molecular complexity index is 654. The van der Waals surface area contributed by atoms with E-state index in [2.05, 4.69) is 24.5 Å². The second-order valence-electron chi connectivity index (χ2n) is 7.18. The topological polar surface area (TPSA) is 54.3 Å². The summed E-state index contributed by atoms with van der Waals surface area (Å²) in [6.45, 7) is 4.80. The maximum atomic E-state index is 12.5. The molecule has 1 amide bonds. The van der Waals surface area contributed by atoms with Gasteiger partial charge in [0.05, 0.1) is 18.8 Å². The molecule has 2 N–H and O–H groups in total. The van der Waals surface area contributed by atoms with E-state index < -0.39 is 0 Å². The molecule has 1 aromatic carbocycles. The summed E-state index contributed by atoms with van der Waals surface area (Å²) in [6, 6.07) is 14.1. The molecule has 0 saturated heterocycles. The molecule has 1 aliphatic rings. The number of rotatable bonds is 6. The van der Waals surface area contributed by atoms with Gasteiger partial charge in [-0.1, -0.05) is 57.0 Å². The SMILES string of the molecule is C[C@@H]1[C@H](C)CCC[C@H]1NC(=O)CN[C@@H](c1ccccc1)c1ccco1. The molecular formula is C21H28N2O2. The molecule has 1 heterocycles. The molecule has 4 nitrogen and oxygen atoms in total. The molecule has 3 rings (SSSR count). The molecule has 1 fully saturated rings. The van der Waals surface area contributed by atoms with E-state index in [0.29, 0.717) is 11.8 Å². The summed E-state index contributed by atoms with van der Waals surface area (Å²) in [7, 11) is 0. The zero-order valence-corrected chi connectivity index (χ0v) is 15.1. The number of hydrogen-bond acceptors (Lipinski definition) is 3. The monoisotopic (exact) mass is 340 g/mol. The fraction of sp³-hybridized carbons (Fsp3) is 0.476. The second kappa shape index (κ2) is 8.34. The van der Waals surface area contributed by atoms with Crippen molar-refractivity contribution in [2.45, 2.75) is 45.2 Å². The van der Waals surface area contributed by atoms with Crippen molar-refractivity contribution in [3.8, 4) is 0 Å². The summed E-state index contributed by atoms with van der Waals surface area (Å²) < 4.78 is 5.57. The second-order valence-corrected chi connectivity index (χ2v) is 7.18. The van der Waals surface area contributed by atoms with E-state index in [9.17, 15) is 4.79 Å². The Morgan fingerprint density at radius 3 is 2.68 bits per heavy atom. The lowest BCUT2D eigenvalue weighted by molar-refractivity contribution is -0.121. The maximum Gasteiger partial charge on any atom is 0.234 e. The van der Waals surface area contributed by atoms with Crippen molar-refractivity contribution in [3.05, 3.63) is 60.1 Å². The van der Waals surface area contributed by atoms with Crippen LogP contribution in [0.25, 0.3) is 0 Å². The zero-order chi connectivity index (χ0) is 17.6. The molecule has 134 valence electrons. The van der Waals surface area contributed by atoms with Crippen molar-refractivity contribution in [1.82, 2.24) is 10.6 Å². The molecule has 25 heavy (non-hydrogen) atoms. The normalized spacial score (nSPS) is 24.6. The minimum absolute atomic E-state index is 0.0541. The molecule has 0 bridgehead atoms. The van der Waals surface area contributed by atoms with Crippen molar-refractivity contribution in [2.24, 2.45) is 11.8 Å². The van der Waals surface area contributed by atoms with Gasteiger partial charge in [0.15, 0.2) is 0 Å². The molecule has 0 unspecified atom stereocenters. The molecular weight excluding hydrogens is 312 g/mol. The number of benzene rings is 1. The first-order valence-corrected chi connectivity index (χ1v) is 9.26. The van der Waals surface area contributed by atoms with E-state index in [1.165, 1.54) is 12.8 Å². The highest BCUT2D eigenvalue weighted by molar-refractivity contribution is 5.78. The average molecular weight is 340 g/mol. The van der Waals surface area contributed by atoms with Gasteiger partial charge in [0.1, 0.15) is 5.76 Å². The first-order chi connectivity index (χ1) is 12.1. The Morgan fingerprint density at radius 2 is 1.96 bits per heavy atom. The molecule has 4 atom stereocenters. The number of hydrogen-bond donors (Lipinski definition) is 2. The highest BCUT2D eigenvalue weighted by Crippen LogP contribution is 2.29. The average Bonchev–Trinajstić information content (AvgIpc) is 3.14. The van der Waals surface area contributed by atoms with Gasteiger partial charge < -0.3 is 9.73 Å². The van der Waals surface area contributed by atoms with Crippen molar-refractivity contribution in [1.29, 1.82) is 0 Å². The van der Waals surface area contributed by atoms with Crippen LogP contribution in [0.5, 0.6) is 0 Å². The Labute approximate surface area is 150 Å². The Morgan fingerprint density at radius 1 is 1.16 bits per heavy atom. The van der Waals surface area contributed by atoms with Crippen LogP contribution < -0.4 is 10.6 Å². The lowest BCUT2D eigenvalue weighted by Gasteiger charge is -2.34. The Hall–Kier alpha value is -2.07. The van der Waals surface area contributed by atoms with Crippen LogP contribution in [0.2, 0.25) is 0 Å². The van der Waals surface area contributed by atoms with Crippen LogP contribution in [0.3, 0.4) is 0 Å². The van der Waals surface area contributed by atoms with Crippen molar-refractivity contribution in [3.63, 3.8) is 0 Å². The third-order valence-electron chi connectivity index (χ3n) is 5.48. The van der Waals surface area contributed by atoms with Gasteiger partial charge in [-0.05, 0) is 36.0 Å². The third kappa shape index (κ3) is 4.51. The van der Waals surface area contributed by atoms with Crippen LogP contribution in [0.15, 0.2) is 53.1 Å². The van der Waals surface area contributed by atoms with Crippen LogP contribution in [0.1, 0.15) is 50.5 Å². The largest absolute Gasteiger partial charge is 0.467 e. The molecule has 2 aromatic rings. The van der Waals surface area contributed by atoms with E-state index in [1.54, 1.807) is 6.26 Å². The molecule has 1 saturated carbocycles. The number of amides is 1. The van der Waals surface area contributed by atoms with E-state index in [-0.39, 0.29) is 24.5 Å². The minimum Gasteiger partial charge on any atom is -0.467 e. The third-order valence-corrected chi connectivity index (χ3v) is 5.48. The molecule has 1 aromatic heterocycles. The first kappa shape index (κ1) is 17.7.